The fraction of sp³-hybridized carbons (Fsp3) is 0.455. The van der Waals surface area contributed by atoms with Crippen molar-refractivity contribution in [2.75, 3.05) is 19.8 Å². The van der Waals surface area contributed by atoms with Crippen molar-refractivity contribution in [1.82, 2.24) is 0 Å². The van der Waals surface area contributed by atoms with Crippen LogP contribution in [0.4, 0.5) is 0 Å². The Morgan fingerprint density at radius 2 is 2.20 bits per heavy atom. The van der Waals surface area contributed by atoms with E-state index in [1.807, 2.05) is 12.1 Å². The summed E-state index contributed by atoms with van der Waals surface area (Å²) in [7, 11) is 0. The van der Waals surface area contributed by atoms with E-state index in [9.17, 15) is 5.11 Å². The van der Waals surface area contributed by atoms with Crippen LogP contribution in [-0.4, -0.2) is 30.0 Å². The van der Waals surface area contributed by atoms with Crippen LogP contribution in [0, 0.1) is 0 Å². The van der Waals surface area contributed by atoms with E-state index in [1.165, 1.54) is 0 Å². The molecular weight excluding hydrogens is 194 g/mol. The normalized spacial score (nSPS) is 12.5. The van der Waals surface area contributed by atoms with Gasteiger partial charge in [-0.15, -0.1) is 0 Å². The van der Waals surface area contributed by atoms with E-state index in [0.29, 0.717) is 18.7 Å². The average Bonchev–Trinajstić information content (AvgIpc) is 2.27. The number of aliphatic hydroxyl groups is 2. The van der Waals surface area contributed by atoms with Crippen molar-refractivity contribution in [3.8, 4) is 5.75 Å². The van der Waals surface area contributed by atoms with Crippen LogP contribution >= 0.6 is 0 Å². The molecule has 4 heteroatoms. The minimum absolute atomic E-state index is 0.0183. The van der Waals surface area contributed by atoms with Gasteiger partial charge in [-0.05, 0) is 30.7 Å². The van der Waals surface area contributed by atoms with Gasteiger partial charge in [0.1, 0.15) is 12.4 Å². The van der Waals surface area contributed by atoms with Gasteiger partial charge in [-0.25, -0.2) is 0 Å². The summed E-state index contributed by atoms with van der Waals surface area (Å²) in [6.45, 7) is 0.689. The third-order valence-electron chi connectivity index (χ3n) is 2.04. The van der Waals surface area contributed by atoms with Crippen LogP contribution in [0.15, 0.2) is 24.3 Å². The quantitative estimate of drug-likeness (QED) is 0.638. The molecule has 4 nitrogen and oxygen atoms in total. The number of benzene rings is 1. The van der Waals surface area contributed by atoms with Crippen LogP contribution in [0.1, 0.15) is 18.1 Å². The number of aliphatic hydroxyl groups excluding tert-OH is 2. The highest BCUT2D eigenvalue weighted by Crippen LogP contribution is 2.20. The topological polar surface area (TPSA) is 75.7 Å². The summed E-state index contributed by atoms with van der Waals surface area (Å²) in [4.78, 5) is 0. The number of nitrogens with two attached hydrogens (primary N) is 1. The highest BCUT2D eigenvalue weighted by atomic mass is 16.5. The molecule has 0 saturated heterocycles. The Morgan fingerprint density at radius 3 is 2.87 bits per heavy atom. The highest BCUT2D eigenvalue weighted by Gasteiger charge is 2.06. The van der Waals surface area contributed by atoms with Gasteiger partial charge in [0, 0.05) is 0 Å². The zero-order valence-corrected chi connectivity index (χ0v) is 8.60. The van der Waals surface area contributed by atoms with Crippen LogP contribution in [0.5, 0.6) is 5.75 Å². The number of hydrogen-bond donors (Lipinski definition) is 3. The molecule has 0 saturated carbocycles. The predicted molar refractivity (Wildman–Crippen MR) is 57.7 cm³/mol. The molecule has 0 aromatic heterocycles. The lowest BCUT2D eigenvalue weighted by molar-refractivity contribution is 0.169. The maximum absolute atomic E-state index is 9.69. The first kappa shape index (κ1) is 12.0. The van der Waals surface area contributed by atoms with E-state index in [2.05, 4.69) is 0 Å². The fourth-order valence-corrected chi connectivity index (χ4v) is 1.30. The Morgan fingerprint density at radius 1 is 1.40 bits per heavy atom. The van der Waals surface area contributed by atoms with E-state index in [4.69, 9.17) is 15.6 Å². The van der Waals surface area contributed by atoms with Crippen molar-refractivity contribution < 1.29 is 14.9 Å². The summed E-state index contributed by atoms with van der Waals surface area (Å²) in [5.41, 5.74) is 6.15. The lowest BCUT2D eigenvalue weighted by atomic mass is 10.1. The van der Waals surface area contributed by atoms with E-state index < -0.39 is 6.10 Å². The van der Waals surface area contributed by atoms with Gasteiger partial charge in [0.15, 0.2) is 0 Å². The summed E-state index contributed by atoms with van der Waals surface area (Å²) in [6, 6.07) is 7.18. The van der Waals surface area contributed by atoms with E-state index in [-0.39, 0.29) is 13.2 Å². The van der Waals surface area contributed by atoms with Gasteiger partial charge in [0.2, 0.25) is 0 Å². The van der Waals surface area contributed by atoms with Gasteiger partial charge >= 0.3 is 0 Å². The molecule has 1 atom stereocenters. The molecular formula is C11H17NO3. The lowest BCUT2D eigenvalue weighted by Gasteiger charge is -2.11. The largest absolute Gasteiger partial charge is 0.491 e. The molecule has 0 aliphatic rings. The van der Waals surface area contributed by atoms with E-state index in [0.717, 1.165) is 5.56 Å². The maximum Gasteiger partial charge on any atom is 0.119 e. The summed E-state index contributed by atoms with van der Waals surface area (Å²) >= 11 is 0. The Labute approximate surface area is 89.3 Å². The molecule has 1 aromatic rings. The van der Waals surface area contributed by atoms with Gasteiger partial charge in [-0.3, -0.25) is 0 Å². The smallest absolute Gasteiger partial charge is 0.119 e. The SMILES string of the molecule is NCC[C@@H](O)c1cccc(OCCO)c1. The van der Waals surface area contributed by atoms with Crippen LogP contribution in [0.2, 0.25) is 0 Å². The number of ether oxygens (including phenoxy) is 1. The fourth-order valence-electron chi connectivity index (χ4n) is 1.30. The van der Waals surface area contributed by atoms with E-state index in [1.54, 1.807) is 12.1 Å². The van der Waals surface area contributed by atoms with Gasteiger partial charge < -0.3 is 20.7 Å². The van der Waals surface area contributed by atoms with E-state index >= 15 is 0 Å². The molecule has 4 N–H and O–H groups in total. The van der Waals surface area contributed by atoms with Gasteiger partial charge in [-0.1, -0.05) is 12.1 Å². The molecule has 0 fully saturated rings. The molecule has 84 valence electrons. The van der Waals surface area contributed by atoms with Crippen molar-refractivity contribution in [3.05, 3.63) is 29.8 Å². The highest BCUT2D eigenvalue weighted by molar-refractivity contribution is 5.29. The van der Waals surface area contributed by atoms with Gasteiger partial charge in [-0.2, -0.15) is 0 Å². The molecule has 0 spiro atoms. The van der Waals surface area contributed by atoms with Gasteiger partial charge in [0.05, 0.1) is 12.7 Å². The molecule has 1 aromatic carbocycles. The third kappa shape index (κ3) is 3.87. The molecule has 0 heterocycles. The molecule has 0 aliphatic carbocycles. The van der Waals surface area contributed by atoms with Crippen LogP contribution in [0.3, 0.4) is 0 Å². The summed E-state index contributed by atoms with van der Waals surface area (Å²) in [5, 5.41) is 18.3. The second-order valence-corrected chi connectivity index (χ2v) is 3.24. The van der Waals surface area contributed by atoms with Crippen molar-refractivity contribution in [3.63, 3.8) is 0 Å². The zero-order chi connectivity index (χ0) is 11.1. The van der Waals surface area contributed by atoms with Crippen LogP contribution in [0.25, 0.3) is 0 Å². The Balaban J connectivity index is 2.64. The zero-order valence-electron chi connectivity index (χ0n) is 8.60. The first-order valence-electron chi connectivity index (χ1n) is 4.99. The Bertz CT molecular complexity index is 291. The second-order valence-electron chi connectivity index (χ2n) is 3.24. The summed E-state index contributed by atoms with van der Waals surface area (Å²) in [5.74, 6) is 0.651. The van der Waals surface area contributed by atoms with Crippen molar-refractivity contribution in [2.45, 2.75) is 12.5 Å². The molecule has 0 aliphatic heterocycles. The van der Waals surface area contributed by atoms with Gasteiger partial charge in [0.25, 0.3) is 0 Å². The molecule has 0 unspecified atom stereocenters. The predicted octanol–water partition coefficient (Wildman–Crippen LogP) is 0.440. The van der Waals surface area contributed by atoms with Crippen molar-refractivity contribution in [2.24, 2.45) is 5.73 Å². The standard InChI is InChI=1S/C11H17NO3/c12-5-4-11(14)9-2-1-3-10(8-9)15-7-6-13/h1-3,8,11,13-14H,4-7,12H2/t11-/m1/s1. The maximum atomic E-state index is 9.69. The lowest BCUT2D eigenvalue weighted by Crippen LogP contribution is -2.07. The Kier molecular flexibility index (Phi) is 5.10. The molecule has 0 amide bonds. The molecule has 1 rings (SSSR count). The van der Waals surface area contributed by atoms with Crippen molar-refractivity contribution >= 4 is 0 Å². The minimum atomic E-state index is -0.548. The molecule has 0 radical (unpaired) electrons. The third-order valence-corrected chi connectivity index (χ3v) is 2.04. The van der Waals surface area contributed by atoms with Crippen LogP contribution < -0.4 is 10.5 Å². The Hall–Kier alpha value is -1.10. The minimum Gasteiger partial charge on any atom is -0.491 e. The second kappa shape index (κ2) is 6.40. The molecule has 0 bridgehead atoms. The average molecular weight is 211 g/mol. The molecule has 15 heavy (non-hydrogen) atoms. The number of rotatable bonds is 6. The summed E-state index contributed by atoms with van der Waals surface area (Å²) in [6.07, 6.45) is -0.0172. The first-order chi connectivity index (χ1) is 7.27. The summed E-state index contributed by atoms with van der Waals surface area (Å²) < 4.78 is 5.23. The monoisotopic (exact) mass is 211 g/mol. The number of hydrogen-bond acceptors (Lipinski definition) is 4. The first-order valence-corrected chi connectivity index (χ1v) is 4.99. The van der Waals surface area contributed by atoms with Crippen molar-refractivity contribution in [1.29, 1.82) is 0 Å². The van der Waals surface area contributed by atoms with Crippen LogP contribution in [-0.2, 0) is 0 Å².